The van der Waals surface area contributed by atoms with Gasteiger partial charge in [0.25, 0.3) is 0 Å². The zero-order chi connectivity index (χ0) is 16.1. The van der Waals surface area contributed by atoms with Gasteiger partial charge in [-0.3, -0.25) is 0 Å². The maximum atomic E-state index is 4.84. The van der Waals surface area contributed by atoms with Crippen LogP contribution in [0.3, 0.4) is 0 Å². The first-order valence-corrected chi connectivity index (χ1v) is 7.72. The molecule has 0 aliphatic heterocycles. The van der Waals surface area contributed by atoms with Gasteiger partial charge in [-0.2, -0.15) is 5.10 Å². The molecule has 0 bridgehead atoms. The number of nitrogens with zero attached hydrogens (tertiary/aromatic N) is 3. The molecule has 0 unspecified atom stereocenters. The molecule has 22 heavy (non-hydrogen) atoms. The van der Waals surface area contributed by atoms with E-state index in [2.05, 4.69) is 71.9 Å². The number of rotatable bonds is 1. The largest absolute Gasteiger partial charge is 0.234 e. The van der Waals surface area contributed by atoms with E-state index in [0.29, 0.717) is 0 Å². The summed E-state index contributed by atoms with van der Waals surface area (Å²) in [7, 11) is 0. The van der Waals surface area contributed by atoms with Crippen LogP contribution in [0.5, 0.6) is 0 Å². The Labute approximate surface area is 132 Å². The molecule has 3 nitrogen and oxygen atoms in total. The van der Waals surface area contributed by atoms with Crippen LogP contribution in [0.1, 0.15) is 43.3 Å². The van der Waals surface area contributed by atoms with Crippen LogP contribution in [-0.2, 0) is 5.41 Å². The van der Waals surface area contributed by atoms with Crippen molar-refractivity contribution in [2.24, 2.45) is 0 Å². The van der Waals surface area contributed by atoms with Gasteiger partial charge in [-0.05, 0) is 26.3 Å². The molecule has 2 heterocycles. The summed E-state index contributed by atoms with van der Waals surface area (Å²) in [6.07, 6.45) is 0. The highest BCUT2D eigenvalue weighted by Crippen LogP contribution is 2.29. The van der Waals surface area contributed by atoms with Crippen LogP contribution in [0.15, 0.2) is 30.3 Å². The van der Waals surface area contributed by atoms with Gasteiger partial charge < -0.3 is 0 Å². The van der Waals surface area contributed by atoms with Crippen molar-refractivity contribution in [3.8, 4) is 11.3 Å². The van der Waals surface area contributed by atoms with Gasteiger partial charge in [-0.15, -0.1) is 0 Å². The second kappa shape index (κ2) is 4.94. The minimum absolute atomic E-state index is 0.0204. The van der Waals surface area contributed by atoms with E-state index in [0.717, 1.165) is 22.6 Å². The Morgan fingerprint density at radius 2 is 1.59 bits per heavy atom. The SMILES string of the molecule is Cc1ccc(-c2cc3nc(C)c(C)c(C(C)(C)C)n3n2)cc1. The Morgan fingerprint density at radius 1 is 0.955 bits per heavy atom. The molecule has 0 atom stereocenters. The van der Waals surface area contributed by atoms with Crippen LogP contribution in [-0.4, -0.2) is 14.6 Å². The molecule has 0 radical (unpaired) electrons. The Bertz CT molecular complexity index is 834. The lowest BCUT2D eigenvalue weighted by Crippen LogP contribution is -2.20. The molecular formula is C19H23N3. The molecule has 3 aromatic rings. The highest BCUT2D eigenvalue weighted by Gasteiger charge is 2.23. The van der Waals surface area contributed by atoms with Crippen molar-refractivity contribution in [2.45, 2.75) is 47.0 Å². The molecule has 0 aliphatic rings. The van der Waals surface area contributed by atoms with E-state index in [1.165, 1.54) is 16.8 Å². The molecular weight excluding hydrogens is 270 g/mol. The van der Waals surface area contributed by atoms with Gasteiger partial charge in [0, 0.05) is 22.7 Å². The minimum Gasteiger partial charge on any atom is -0.234 e. The summed E-state index contributed by atoms with van der Waals surface area (Å²) in [6, 6.07) is 10.6. The van der Waals surface area contributed by atoms with Crippen molar-refractivity contribution in [1.82, 2.24) is 14.6 Å². The number of fused-ring (bicyclic) bond motifs is 1. The third-order valence-corrected chi connectivity index (χ3v) is 4.14. The maximum Gasteiger partial charge on any atom is 0.156 e. The lowest BCUT2D eigenvalue weighted by molar-refractivity contribution is 0.540. The van der Waals surface area contributed by atoms with Crippen molar-refractivity contribution >= 4 is 5.65 Å². The maximum absolute atomic E-state index is 4.84. The first-order chi connectivity index (χ1) is 10.3. The molecule has 0 saturated carbocycles. The Morgan fingerprint density at radius 3 is 2.18 bits per heavy atom. The highest BCUT2D eigenvalue weighted by molar-refractivity contribution is 5.65. The molecule has 1 aromatic carbocycles. The fraction of sp³-hybridized carbons (Fsp3) is 0.368. The molecule has 0 spiro atoms. The average molecular weight is 293 g/mol. The second-order valence-electron chi connectivity index (χ2n) is 7.09. The van der Waals surface area contributed by atoms with E-state index >= 15 is 0 Å². The Hall–Kier alpha value is -2.16. The Balaban J connectivity index is 2.28. The first kappa shape index (κ1) is 14.8. The number of aromatic nitrogens is 3. The Kier molecular flexibility index (Phi) is 3.32. The lowest BCUT2D eigenvalue weighted by atomic mass is 9.88. The quantitative estimate of drug-likeness (QED) is 0.655. The molecule has 0 N–H and O–H groups in total. The molecule has 2 aromatic heterocycles. The predicted molar refractivity (Wildman–Crippen MR) is 91.3 cm³/mol. The van der Waals surface area contributed by atoms with E-state index < -0.39 is 0 Å². The normalized spacial score (nSPS) is 12.1. The molecule has 0 saturated heterocycles. The van der Waals surface area contributed by atoms with Crippen LogP contribution < -0.4 is 0 Å². The van der Waals surface area contributed by atoms with Crippen molar-refractivity contribution in [3.63, 3.8) is 0 Å². The van der Waals surface area contributed by atoms with Gasteiger partial charge in [0.1, 0.15) is 0 Å². The summed E-state index contributed by atoms with van der Waals surface area (Å²) in [5.74, 6) is 0. The number of hydrogen-bond donors (Lipinski definition) is 0. The molecule has 114 valence electrons. The topological polar surface area (TPSA) is 30.2 Å². The van der Waals surface area contributed by atoms with E-state index in [9.17, 15) is 0 Å². The average Bonchev–Trinajstić information content (AvgIpc) is 2.82. The summed E-state index contributed by atoms with van der Waals surface area (Å²) < 4.78 is 2.01. The van der Waals surface area contributed by atoms with E-state index in [4.69, 9.17) is 10.1 Å². The van der Waals surface area contributed by atoms with Crippen LogP contribution in [0, 0.1) is 20.8 Å². The van der Waals surface area contributed by atoms with Gasteiger partial charge >= 0.3 is 0 Å². The standard InChI is InChI=1S/C19H23N3/c1-12-7-9-15(10-8-12)16-11-17-20-14(3)13(2)18(19(4,5)6)22(17)21-16/h7-11H,1-6H3. The van der Waals surface area contributed by atoms with Crippen molar-refractivity contribution in [3.05, 3.63) is 52.8 Å². The molecule has 3 rings (SSSR count). The minimum atomic E-state index is 0.0204. The molecule has 0 aliphatic carbocycles. The fourth-order valence-electron chi connectivity index (χ4n) is 2.95. The van der Waals surface area contributed by atoms with Crippen molar-refractivity contribution in [2.75, 3.05) is 0 Å². The summed E-state index contributed by atoms with van der Waals surface area (Å²) in [5.41, 5.74) is 7.83. The van der Waals surface area contributed by atoms with Gasteiger partial charge in [-0.25, -0.2) is 9.50 Å². The lowest BCUT2D eigenvalue weighted by Gasteiger charge is -2.23. The third-order valence-electron chi connectivity index (χ3n) is 4.14. The van der Waals surface area contributed by atoms with E-state index in [-0.39, 0.29) is 5.41 Å². The molecule has 0 amide bonds. The van der Waals surface area contributed by atoms with Crippen LogP contribution >= 0.6 is 0 Å². The molecule has 0 fully saturated rings. The summed E-state index contributed by atoms with van der Waals surface area (Å²) in [5, 5.41) is 4.84. The predicted octanol–water partition coefficient (Wildman–Crippen LogP) is 4.62. The summed E-state index contributed by atoms with van der Waals surface area (Å²) in [4.78, 5) is 4.71. The molecule has 3 heteroatoms. The summed E-state index contributed by atoms with van der Waals surface area (Å²) >= 11 is 0. The number of hydrogen-bond acceptors (Lipinski definition) is 2. The van der Waals surface area contributed by atoms with E-state index in [1.54, 1.807) is 0 Å². The second-order valence-corrected chi connectivity index (χ2v) is 7.09. The number of benzene rings is 1. The highest BCUT2D eigenvalue weighted by atomic mass is 15.3. The van der Waals surface area contributed by atoms with Gasteiger partial charge in [-0.1, -0.05) is 50.6 Å². The van der Waals surface area contributed by atoms with Crippen LogP contribution in [0.4, 0.5) is 0 Å². The monoisotopic (exact) mass is 293 g/mol. The third kappa shape index (κ3) is 2.41. The zero-order valence-corrected chi connectivity index (χ0v) is 14.2. The van der Waals surface area contributed by atoms with Crippen molar-refractivity contribution < 1.29 is 0 Å². The van der Waals surface area contributed by atoms with Gasteiger partial charge in [0.15, 0.2) is 5.65 Å². The smallest absolute Gasteiger partial charge is 0.156 e. The number of aryl methyl sites for hydroxylation is 2. The fourth-order valence-corrected chi connectivity index (χ4v) is 2.95. The zero-order valence-electron chi connectivity index (χ0n) is 14.2. The van der Waals surface area contributed by atoms with Crippen LogP contribution in [0.25, 0.3) is 16.9 Å². The van der Waals surface area contributed by atoms with Gasteiger partial charge in [0.2, 0.25) is 0 Å². The first-order valence-electron chi connectivity index (χ1n) is 7.72. The van der Waals surface area contributed by atoms with Gasteiger partial charge in [0.05, 0.1) is 11.4 Å². The van der Waals surface area contributed by atoms with Crippen LogP contribution in [0.2, 0.25) is 0 Å². The summed E-state index contributed by atoms with van der Waals surface area (Å²) in [6.45, 7) is 13.0. The van der Waals surface area contributed by atoms with E-state index in [1.807, 2.05) is 4.52 Å². The van der Waals surface area contributed by atoms with Crippen molar-refractivity contribution in [1.29, 1.82) is 0 Å².